The number of carbonyl (C=O) groups is 2. The van der Waals surface area contributed by atoms with Crippen molar-refractivity contribution in [2.45, 2.75) is 69.9 Å². The average molecular weight is 529 g/mol. The lowest BCUT2D eigenvalue weighted by molar-refractivity contribution is -0.140. The Morgan fingerprint density at radius 1 is 1.11 bits per heavy atom. The van der Waals surface area contributed by atoms with Crippen LogP contribution in [0.2, 0.25) is 0 Å². The van der Waals surface area contributed by atoms with E-state index < -0.39 is 29.4 Å². The standard InChI is InChI=1S/C29H31F3N2O4/c1-17-25-34(16-21-14-22(29(30,31)32)5-6-24(21)38-25)27(37)28(17)10-7-23(15-28)33-11-8-18(9-12-33)19-3-2-4-20(13-19)26(35)36/h2-6,13-14,17-18,23,25H,7-12,15-16H2,1H3,(H,35,36)/t17?,23-,25?,28+/m1/s1. The second kappa shape index (κ2) is 9.00. The van der Waals surface area contributed by atoms with Crippen molar-refractivity contribution in [2.75, 3.05) is 13.1 Å². The number of benzene rings is 2. The van der Waals surface area contributed by atoms with Gasteiger partial charge in [-0.15, -0.1) is 0 Å². The zero-order valence-corrected chi connectivity index (χ0v) is 21.2. The first-order chi connectivity index (χ1) is 18.1. The lowest BCUT2D eigenvalue weighted by Crippen LogP contribution is -2.42. The molecule has 0 bridgehead atoms. The lowest BCUT2D eigenvalue weighted by Gasteiger charge is -2.37. The molecule has 9 heteroatoms. The zero-order chi connectivity index (χ0) is 26.8. The molecule has 1 N–H and O–H groups in total. The summed E-state index contributed by atoms with van der Waals surface area (Å²) in [6, 6.07) is 11.0. The van der Waals surface area contributed by atoms with E-state index in [9.17, 15) is 27.9 Å². The third-order valence-corrected chi connectivity index (χ3v) is 9.44. The third kappa shape index (κ3) is 4.06. The predicted octanol–water partition coefficient (Wildman–Crippen LogP) is 5.52. The largest absolute Gasteiger partial charge is 0.478 e. The number of carboxylic acids is 1. The highest BCUT2D eigenvalue weighted by Crippen LogP contribution is 2.55. The van der Waals surface area contributed by atoms with Crippen LogP contribution in [0.1, 0.15) is 72.0 Å². The van der Waals surface area contributed by atoms with Crippen molar-refractivity contribution in [1.29, 1.82) is 0 Å². The van der Waals surface area contributed by atoms with Crippen LogP contribution in [0, 0.1) is 11.3 Å². The minimum atomic E-state index is -4.44. The van der Waals surface area contributed by atoms with Crippen LogP contribution in [0.15, 0.2) is 42.5 Å². The summed E-state index contributed by atoms with van der Waals surface area (Å²) >= 11 is 0. The first kappa shape index (κ1) is 25.2. The van der Waals surface area contributed by atoms with Crippen LogP contribution < -0.4 is 4.74 Å². The Kier molecular flexibility index (Phi) is 5.98. The normalized spacial score (nSPS) is 29.8. The fraction of sp³-hybridized carbons (Fsp3) is 0.517. The number of nitrogens with zero attached hydrogens (tertiary/aromatic N) is 2. The van der Waals surface area contributed by atoms with E-state index in [4.69, 9.17) is 4.74 Å². The Morgan fingerprint density at radius 2 is 1.87 bits per heavy atom. The molecule has 0 radical (unpaired) electrons. The number of aromatic carboxylic acids is 1. The number of alkyl halides is 3. The van der Waals surface area contributed by atoms with Crippen LogP contribution in [0.4, 0.5) is 13.2 Å². The molecule has 1 spiro atoms. The van der Waals surface area contributed by atoms with E-state index in [2.05, 4.69) is 4.90 Å². The van der Waals surface area contributed by atoms with E-state index in [1.807, 2.05) is 13.0 Å². The van der Waals surface area contributed by atoms with E-state index >= 15 is 0 Å². The second-order valence-electron chi connectivity index (χ2n) is 11.3. The summed E-state index contributed by atoms with van der Waals surface area (Å²) in [6.45, 7) is 3.96. The Morgan fingerprint density at radius 3 is 2.58 bits per heavy atom. The number of carboxylic acid groups (broad SMARTS) is 1. The molecule has 6 rings (SSSR count). The van der Waals surface area contributed by atoms with Crippen LogP contribution in [-0.4, -0.2) is 52.1 Å². The van der Waals surface area contributed by atoms with Gasteiger partial charge < -0.3 is 19.6 Å². The Labute approximate surface area is 219 Å². The minimum absolute atomic E-state index is 0.000864. The number of rotatable bonds is 3. The molecular formula is C29H31F3N2O4. The molecule has 0 aromatic heterocycles. The van der Waals surface area contributed by atoms with Gasteiger partial charge in [0.2, 0.25) is 5.91 Å². The number of ether oxygens (including phenoxy) is 1. The molecule has 3 aliphatic heterocycles. The van der Waals surface area contributed by atoms with Gasteiger partial charge in [0.05, 0.1) is 23.1 Å². The van der Waals surface area contributed by atoms with Gasteiger partial charge in [-0.1, -0.05) is 19.1 Å². The molecule has 2 aromatic rings. The van der Waals surface area contributed by atoms with Gasteiger partial charge in [-0.3, -0.25) is 4.79 Å². The number of amides is 1. The van der Waals surface area contributed by atoms with Gasteiger partial charge in [-0.05, 0) is 87.0 Å². The van der Waals surface area contributed by atoms with Crippen molar-refractivity contribution in [3.8, 4) is 5.75 Å². The number of carbonyl (C=O) groups excluding carboxylic acids is 1. The maximum atomic E-state index is 13.8. The fourth-order valence-corrected chi connectivity index (χ4v) is 7.27. The van der Waals surface area contributed by atoms with Crippen molar-refractivity contribution in [1.82, 2.24) is 9.80 Å². The number of halogens is 3. The van der Waals surface area contributed by atoms with E-state index in [0.717, 1.165) is 62.9 Å². The molecule has 4 aliphatic rings. The molecule has 1 aliphatic carbocycles. The highest BCUT2D eigenvalue weighted by Gasteiger charge is 2.62. The number of hydrogen-bond acceptors (Lipinski definition) is 4. The maximum Gasteiger partial charge on any atom is 0.416 e. The van der Waals surface area contributed by atoms with Crippen molar-refractivity contribution >= 4 is 11.9 Å². The molecule has 3 heterocycles. The summed E-state index contributed by atoms with van der Waals surface area (Å²) in [5.74, 6) is -0.234. The molecule has 2 saturated heterocycles. The molecule has 38 heavy (non-hydrogen) atoms. The van der Waals surface area contributed by atoms with Crippen LogP contribution in [-0.2, 0) is 17.5 Å². The fourth-order valence-electron chi connectivity index (χ4n) is 7.27. The summed E-state index contributed by atoms with van der Waals surface area (Å²) in [5, 5.41) is 9.32. The smallest absolute Gasteiger partial charge is 0.416 e. The monoisotopic (exact) mass is 528 g/mol. The SMILES string of the molecule is CC1C2Oc3ccc(C(F)(F)F)cc3CN2C(=O)[C@]12CC[C@@H](N1CCC(c3cccc(C(=O)O)c3)CC1)C2. The highest BCUT2D eigenvalue weighted by molar-refractivity contribution is 5.88. The van der Waals surface area contributed by atoms with Crippen LogP contribution in [0.3, 0.4) is 0 Å². The molecule has 1 amide bonds. The third-order valence-electron chi connectivity index (χ3n) is 9.44. The number of hydrogen-bond donors (Lipinski definition) is 1. The number of fused-ring (bicyclic) bond motifs is 2. The summed E-state index contributed by atoms with van der Waals surface area (Å²) in [5.41, 5.74) is 0.488. The highest BCUT2D eigenvalue weighted by atomic mass is 19.4. The van der Waals surface area contributed by atoms with Crippen LogP contribution in [0.25, 0.3) is 0 Å². The summed E-state index contributed by atoms with van der Waals surface area (Å²) in [6.07, 6.45) is -0.652. The Hall–Kier alpha value is -3.07. The van der Waals surface area contributed by atoms with Crippen molar-refractivity contribution in [3.05, 3.63) is 64.7 Å². The van der Waals surface area contributed by atoms with Gasteiger partial charge in [0.15, 0.2) is 6.23 Å². The van der Waals surface area contributed by atoms with Gasteiger partial charge in [0.1, 0.15) is 5.75 Å². The predicted molar refractivity (Wildman–Crippen MR) is 133 cm³/mol. The zero-order valence-electron chi connectivity index (χ0n) is 21.2. The average Bonchev–Trinajstić information content (AvgIpc) is 3.44. The first-order valence-corrected chi connectivity index (χ1v) is 13.3. The molecule has 6 nitrogen and oxygen atoms in total. The Balaban J connectivity index is 1.13. The topological polar surface area (TPSA) is 70.1 Å². The van der Waals surface area contributed by atoms with Crippen molar-refractivity contribution in [3.63, 3.8) is 0 Å². The summed E-state index contributed by atoms with van der Waals surface area (Å²) in [7, 11) is 0. The summed E-state index contributed by atoms with van der Waals surface area (Å²) in [4.78, 5) is 29.2. The van der Waals surface area contributed by atoms with E-state index in [1.165, 1.54) is 6.07 Å². The van der Waals surface area contributed by atoms with Gasteiger partial charge in [-0.25, -0.2) is 4.79 Å². The first-order valence-electron chi connectivity index (χ1n) is 13.3. The molecule has 2 aromatic carbocycles. The van der Waals surface area contributed by atoms with Crippen LogP contribution in [0.5, 0.6) is 5.75 Å². The quantitative estimate of drug-likeness (QED) is 0.568. The van der Waals surface area contributed by atoms with Gasteiger partial charge in [0, 0.05) is 17.5 Å². The molecule has 202 valence electrons. The molecule has 4 atom stereocenters. The number of likely N-dealkylation sites (tertiary alicyclic amines) is 1. The Bertz CT molecular complexity index is 1270. The maximum absolute atomic E-state index is 13.8. The van der Waals surface area contributed by atoms with Crippen LogP contribution >= 0.6 is 0 Å². The van der Waals surface area contributed by atoms with Crippen molar-refractivity contribution < 1.29 is 32.6 Å². The van der Waals surface area contributed by atoms with Crippen molar-refractivity contribution in [2.24, 2.45) is 11.3 Å². The lowest BCUT2D eigenvalue weighted by atomic mass is 9.76. The van der Waals surface area contributed by atoms with E-state index in [1.54, 1.807) is 23.1 Å². The molecule has 3 fully saturated rings. The molecule has 1 saturated carbocycles. The van der Waals surface area contributed by atoms with E-state index in [-0.39, 0.29) is 24.4 Å². The van der Waals surface area contributed by atoms with Gasteiger partial charge in [0.25, 0.3) is 0 Å². The minimum Gasteiger partial charge on any atom is -0.478 e. The van der Waals surface area contributed by atoms with Gasteiger partial charge >= 0.3 is 12.1 Å². The number of piperidine rings is 1. The molecular weight excluding hydrogens is 497 g/mol. The van der Waals surface area contributed by atoms with Gasteiger partial charge in [-0.2, -0.15) is 13.2 Å². The second-order valence-corrected chi connectivity index (χ2v) is 11.3. The van der Waals surface area contributed by atoms with E-state index in [0.29, 0.717) is 22.8 Å². The summed E-state index contributed by atoms with van der Waals surface area (Å²) < 4.78 is 45.9. The molecule has 2 unspecified atom stereocenters.